The van der Waals surface area contributed by atoms with Crippen molar-refractivity contribution in [2.75, 3.05) is 5.75 Å². The Hall–Kier alpha value is -3.58. The third-order valence-corrected chi connectivity index (χ3v) is 5.64. The van der Waals surface area contributed by atoms with Crippen molar-refractivity contribution in [1.82, 2.24) is 15.0 Å². The maximum absolute atomic E-state index is 12.1. The highest BCUT2D eigenvalue weighted by Crippen LogP contribution is 2.22. The van der Waals surface area contributed by atoms with E-state index in [1.807, 2.05) is 90.5 Å². The minimum atomic E-state index is -0.184. The van der Waals surface area contributed by atoms with Crippen LogP contribution in [0.15, 0.2) is 89.1 Å². The Morgan fingerprint density at radius 1 is 1.06 bits per heavy atom. The number of para-hydroxylation sites is 2. The lowest BCUT2D eigenvalue weighted by molar-refractivity contribution is -0.118. The van der Waals surface area contributed by atoms with E-state index >= 15 is 0 Å². The fourth-order valence-electron chi connectivity index (χ4n) is 2.98. The highest BCUT2D eigenvalue weighted by Gasteiger charge is 2.09. The topological polar surface area (TPSA) is 68.5 Å². The molecule has 1 aromatic heterocycles. The molecule has 1 amide bonds. The summed E-state index contributed by atoms with van der Waals surface area (Å²) in [4.78, 5) is 16.7. The fraction of sp³-hybridized carbons (Fsp3) is 0.125. The number of thioether (sulfide) groups is 1. The van der Waals surface area contributed by atoms with E-state index in [1.165, 1.54) is 11.8 Å². The van der Waals surface area contributed by atoms with E-state index in [0.717, 1.165) is 33.1 Å². The van der Waals surface area contributed by atoms with Gasteiger partial charge in [0, 0.05) is 7.05 Å². The lowest BCUT2D eigenvalue weighted by atomic mass is 10.2. The molecule has 7 heteroatoms. The van der Waals surface area contributed by atoms with Crippen molar-refractivity contribution in [3.8, 4) is 5.75 Å². The number of carbonyl (C=O) groups is 1. The molecule has 0 aliphatic carbocycles. The summed E-state index contributed by atoms with van der Waals surface area (Å²) in [6.07, 6.45) is 1.61. The predicted molar refractivity (Wildman–Crippen MR) is 124 cm³/mol. The zero-order chi connectivity index (χ0) is 21.5. The van der Waals surface area contributed by atoms with Crippen LogP contribution in [0.4, 0.5) is 0 Å². The Labute approximate surface area is 185 Å². The number of carbonyl (C=O) groups excluding carboxylic acids is 1. The van der Waals surface area contributed by atoms with Crippen molar-refractivity contribution in [2.45, 2.75) is 11.8 Å². The standard InChI is InChI=1S/C24H22N4O2S/c1-28-22-10-6-5-9-21(22)26-24(28)31-17-23(29)27-25-15-18-11-13-20(14-12-18)30-16-19-7-3-2-4-8-19/h2-15H,16-17H2,1H3,(H,27,29)/b25-15+. The molecule has 1 heterocycles. The second-order valence-electron chi connectivity index (χ2n) is 6.87. The lowest BCUT2D eigenvalue weighted by Gasteiger charge is -2.06. The van der Waals surface area contributed by atoms with Gasteiger partial charge in [-0.1, -0.05) is 54.2 Å². The van der Waals surface area contributed by atoms with Crippen LogP contribution in [0.5, 0.6) is 5.75 Å². The molecule has 3 aromatic carbocycles. The normalized spacial score (nSPS) is 11.1. The van der Waals surface area contributed by atoms with Crippen molar-refractivity contribution in [1.29, 1.82) is 0 Å². The first-order valence-corrected chi connectivity index (χ1v) is 10.8. The van der Waals surface area contributed by atoms with Crippen LogP contribution < -0.4 is 10.2 Å². The van der Waals surface area contributed by atoms with Crippen LogP contribution >= 0.6 is 11.8 Å². The van der Waals surface area contributed by atoms with Gasteiger partial charge in [0.15, 0.2) is 5.16 Å². The molecule has 0 fully saturated rings. The van der Waals surface area contributed by atoms with E-state index in [1.54, 1.807) is 6.21 Å². The van der Waals surface area contributed by atoms with E-state index in [0.29, 0.717) is 6.61 Å². The monoisotopic (exact) mass is 430 g/mol. The number of fused-ring (bicyclic) bond motifs is 1. The fourth-order valence-corrected chi connectivity index (χ4v) is 3.76. The summed E-state index contributed by atoms with van der Waals surface area (Å²) >= 11 is 1.38. The van der Waals surface area contributed by atoms with Crippen LogP contribution in [-0.4, -0.2) is 27.4 Å². The van der Waals surface area contributed by atoms with Gasteiger partial charge in [-0.15, -0.1) is 0 Å². The number of aryl methyl sites for hydroxylation is 1. The number of benzene rings is 3. The first-order chi connectivity index (χ1) is 15.2. The molecule has 0 saturated heterocycles. The minimum absolute atomic E-state index is 0.184. The lowest BCUT2D eigenvalue weighted by Crippen LogP contribution is -2.19. The smallest absolute Gasteiger partial charge is 0.250 e. The number of aromatic nitrogens is 2. The number of ether oxygens (including phenoxy) is 1. The SMILES string of the molecule is Cn1c(SCC(=O)N/N=C/c2ccc(OCc3ccccc3)cc2)nc2ccccc21. The van der Waals surface area contributed by atoms with Crippen molar-refractivity contribution in [3.05, 3.63) is 90.0 Å². The van der Waals surface area contributed by atoms with Crippen LogP contribution in [0, 0.1) is 0 Å². The molecule has 4 rings (SSSR count). The zero-order valence-electron chi connectivity index (χ0n) is 17.1. The van der Waals surface area contributed by atoms with Gasteiger partial charge in [0.25, 0.3) is 5.91 Å². The second-order valence-corrected chi connectivity index (χ2v) is 7.81. The highest BCUT2D eigenvalue weighted by molar-refractivity contribution is 7.99. The Morgan fingerprint density at radius 2 is 1.81 bits per heavy atom. The van der Waals surface area contributed by atoms with Gasteiger partial charge in [-0.2, -0.15) is 5.10 Å². The average Bonchev–Trinajstić information content (AvgIpc) is 3.13. The van der Waals surface area contributed by atoms with Crippen molar-refractivity contribution >= 4 is 34.9 Å². The molecule has 0 radical (unpaired) electrons. The Balaban J connectivity index is 1.24. The predicted octanol–water partition coefficient (Wildman–Crippen LogP) is 4.39. The summed E-state index contributed by atoms with van der Waals surface area (Å²) < 4.78 is 7.75. The van der Waals surface area contributed by atoms with Gasteiger partial charge in [-0.05, 0) is 47.5 Å². The Bertz CT molecular complexity index is 1190. The molecule has 156 valence electrons. The van der Waals surface area contributed by atoms with E-state index in [9.17, 15) is 4.79 Å². The van der Waals surface area contributed by atoms with Crippen LogP contribution in [-0.2, 0) is 18.4 Å². The number of hydrogen-bond acceptors (Lipinski definition) is 5. The van der Waals surface area contributed by atoms with Crippen molar-refractivity contribution in [2.24, 2.45) is 12.1 Å². The van der Waals surface area contributed by atoms with Crippen LogP contribution in [0.2, 0.25) is 0 Å². The third kappa shape index (κ3) is 5.52. The number of imidazole rings is 1. The molecule has 1 N–H and O–H groups in total. The first-order valence-electron chi connectivity index (χ1n) is 9.82. The summed E-state index contributed by atoms with van der Waals surface area (Å²) in [7, 11) is 1.95. The van der Waals surface area contributed by atoms with E-state index < -0.39 is 0 Å². The van der Waals surface area contributed by atoms with E-state index in [-0.39, 0.29) is 11.7 Å². The number of nitrogens with zero attached hydrogens (tertiary/aromatic N) is 3. The molecule has 31 heavy (non-hydrogen) atoms. The van der Waals surface area contributed by atoms with Gasteiger partial charge in [0.1, 0.15) is 12.4 Å². The highest BCUT2D eigenvalue weighted by atomic mass is 32.2. The number of nitrogens with one attached hydrogen (secondary N) is 1. The summed E-state index contributed by atoms with van der Waals surface area (Å²) in [5.41, 5.74) is 6.51. The van der Waals surface area contributed by atoms with Crippen LogP contribution in [0.3, 0.4) is 0 Å². The molecule has 0 atom stereocenters. The van der Waals surface area contributed by atoms with Gasteiger partial charge in [-0.3, -0.25) is 4.79 Å². The maximum atomic E-state index is 12.1. The van der Waals surface area contributed by atoms with Crippen LogP contribution in [0.1, 0.15) is 11.1 Å². The summed E-state index contributed by atoms with van der Waals surface area (Å²) in [5, 5.41) is 4.83. The van der Waals surface area contributed by atoms with Gasteiger partial charge < -0.3 is 9.30 Å². The minimum Gasteiger partial charge on any atom is -0.489 e. The zero-order valence-corrected chi connectivity index (χ0v) is 17.9. The van der Waals surface area contributed by atoms with Gasteiger partial charge >= 0.3 is 0 Å². The molecule has 0 aliphatic heterocycles. The summed E-state index contributed by atoms with van der Waals surface area (Å²) in [6, 6.07) is 25.5. The number of amides is 1. The molecule has 0 aliphatic rings. The molecule has 0 saturated carbocycles. The second kappa shape index (κ2) is 9.95. The van der Waals surface area contributed by atoms with E-state index in [4.69, 9.17) is 4.74 Å². The van der Waals surface area contributed by atoms with Crippen molar-refractivity contribution < 1.29 is 9.53 Å². The quantitative estimate of drug-likeness (QED) is 0.256. The molecular formula is C24H22N4O2S. The molecule has 4 aromatic rings. The average molecular weight is 431 g/mol. The molecule has 6 nitrogen and oxygen atoms in total. The van der Waals surface area contributed by atoms with Gasteiger partial charge in [0.05, 0.1) is 23.0 Å². The number of hydrogen-bond donors (Lipinski definition) is 1. The van der Waals surface area contributed by atoms with Crippen molar-refractivity contribution in [3.63, 3.8) is 0 Å². The summed E-state index contributed by atoms with van der Waals surface area (Å²) in [5.74, 6) is 0.834. The number of rotatable bonds is 8. The van der Waals surface area contributed by atoms with Gasteiger partial charge in [-0.25, -0.2) is 10.4 Å². The third-order valence-electron chi connectivity index (χ3n) is 4.61. The van der Waals surface area contributed by atoms with Gasteiger partial charge in [0.2, 0.25) is 0 Å². The Kier molecular flexibility index (Phi) is 6.64. The van der Waals surface area contributed by atoms with Crippen LogP contribution in [0.25, 0.3) is 11.0 Å². The Morgan fingerprint density at radius 3 is 2.58 bits per heavy atom. The molecule has 0 unspecified atom stereocenters. The largest absolute Gasteiger partial charge is 0.489 e. The maximum Gasteiger partial charge on any atom is 0.250 e. The molecular weight excluding hydrogens is 408 g/mol. The first kappa shape index (κ1) is 20.7. The summed E-state index contributed by atoms with van der Waals surface area (Å²) in [6.45, 7) is 0.521. The number of hydrazone groups is 1. The molecule has 0 bridgehead atoms. The molecule has 0 spiro atoms. The van der Waals surface area contributed by atoms with E-state index in [2.05, 4.69) is 15.5 Å².